The van der Waals surface area contributed by atoms with Crippen LogP contribution < -0.4 is 5.32 Å². The highest BCUT2D eigenvalue weighted by Crippen LogP contribution is 2.24. The van der Waals surface area contributed by atoms with E-state index in [0.29, 0.717) is 4.47 Å². The molecule has 0 saturated carbocycles. The molecule has 0 atom stereocenters. The van der Waals surface area contributed by atoms with Gasteiger partial charge >= 0.3 is 0 Å². The molecule has 12 heavy (non-hydrogen) atoms. The van der Waals surface area contributed by atoms with Gasteiger partial charge in [0.05, 0.1) is 4.47 Å². The summed E-state index contributed by atoms with van der Waals surface area (Å²) in [7, 11) is 1.75. The number of anilines is 1. The molecule has 1 nitrogen and oxygen atoms in total. The Balaban J connectivity index is 3.28. The van der Waals surface area contributed by atoms with Crippen molar-refractivity contribution in [1.82, 2.24) is 0 Å². The Morgan fingerprint density at radius 2 is 2.25 bits per heavy atom. The molecule has 0 aliphatic carbocycles. The van der Waals surface area contributed by atoms with Crippen LogP contribution >= 0.6 is 15.9 Å². The summed E-state index contributed by atoms with van der Waals surface area (Å²) in [5, 5.41) is 2.88. The van der Waals surface area contributed by atoms with Crippen molar-refractivity contribution in [2.24, 2.45) is 0 Å². The van der Waals surface area contributed by atoms with Crippen molar-refractivity contribution >= 4 is 27.7 Å². The summed E-state index contributed by atoms with van der Waals surface area (Å²) in [6.45, 7) is 3.63. The molecule has 0 radical (unpaired) electrons. The molecule has 0 fully saturated rings. The van der Waals surface area contributed by atoms with Crippen LogP contribution in [0.25, 0.3) is 6.08 Å². The van der Waals surface area contributed by atoms with Gasteiger partial charge in [0, 0.05) is 12.7 Å². The maximum absolute atomic E-state index is 13.0. The van der Waals surface area contributed by atoms with E-state index in [2.05, 4.69) is 27.8 Å². The summed E-state index contributed by atoms with van der Waals surface area (Å²) in [6.07, 6.45) is 1.68. The van der Waals surface area contributed by atoms with Crippen molar-refractivity contribution in [1.29, 1.82) is 0 Å². The topological polar surface area (TPSA) is 12.0 Å². The lowest BCUT2D eigenvalue weighted by molar-refractivity contribution is 0.621. The van der Waals surface area contributed by atoms with Gasteiger partial charge in [0.1, 0.15) is 5.82 Å². The summed E-state index contributed by atoms with van der Waals surface area (Å²) >= 11 is 3.10. The van der Waals surface area contributed by atoms with Crippen molar-refractivity contribution in [3.05, 3.63) is 34.6 Å². The van der Waals surface area contributed by atoms with Crippen LogP contribution in [0.3, 0.4) is 0 Å². The molecular weight excluding hydrogens is 221 g/mol. The van der Waals surface area contributed by atoms with Gasteiger partial charge in [0.25, 0.3) is 0 Å². The van der Waals surface area contributed by atoms with E-state index in [4.69, 9.17) is 0 Å². The van der Waals surface area contributed by atoms with E-state index < -0.39 is 0 Å². The van der Waals surface area contributed by atoms with Crippen LogP contribution in [0.15, 0.2) is 23.2 Å². The Bertz CT molecular complexity index is 310. The summed E-state index contributed by atoms with van der Waals surface area (Å²) in [6, 6.07) is 3.12. The van der Waals surface area contributed by atoms with Crippen LogP contribution in [0.4, 0.5) is 10.1 Å². The van der Waals surface area contributed by atoms with Crippen LogP contribution in [0.1, 0.15) is 5.56 Å². The van der Waals surface area contributed by atoms with Crippen molar-refractivity contribution < 1.29 is 4.39 Å². The minimum Gasteiger partial charge on any atom is -0.388 e. The summed E-state index contributed by atoms with van der Waals surface area (Å²) in [4.78, 5) is 0. The Labute approximate surface area is 79.4 Å². The lowest BCUT2D eigenvalue weighted by atomic mass is 10.2. The Kier molecular flexibility index (Phi) is 2.87. The van der Waals surface area contributed by atoms with Gasteiger partial charge in [-0.2, -0.15) is 0 Å². The average Bonchev–Trinajstić information content (AvgIpc) is 2.09. The molecule has 0 bridgehead atoms. The predicted molar refractivity (Wildman–Crippen MR) is 53.7 cm³/mol. The zero-order chi connectivity index (χ0) is 9.14. The summed E-state index contributed by atoms with van der Waals surface area (Å²) < 4.78 is 13.4. The fourth-order valence-electron chi connectivity index (χ4n) is 0.948. The number of rotatable bonds is 2. The van der Waals surface area contributed by atoms with Crippen LogP contribution in [0.5, 0.6) is 0 Å². The number of hydrogen-bond acceptors (Lipinski definition) is 1. The molecule has 1 aromatic carbocycles. The first-order valence-electron chi connectivity index (χ1n) is 3.48. The molecule has 64 valence electrons. The largest absolute Gasteiger partial charge is 0.388 e. The zero-order valence-corrected chi connectivity index (χ0v) is 8.28. The zero-order valence-electron chi connectivity index (χ0n) is 6.70. The van der Waals surface area contributed by atoms with E-state index in [1.54, 1.807) is 19.2 Å². The van der Waals surface area contributed by atoms with Crippen molar-refractivity contribution in [3.63, 3.8) is 0 Å². The van der Waals surface area contributed by atoms with E-state index >= 15 is 0 Å². The maximum Gasteiger partial charge on any atom is 0.139 e. The van der Waals surface area contributed by atoms with E-state index in [-0.39, 0.29) is 5.82 Å². The Morgan fingerprint density at radius 3 is 2.75 bits per heavy atom. The standard InChI is InChI=1S/C9H9BrFN/c1-3-6-4-7(10)8(11)5-9(6)12-2/h3-5,12H,1H2,2H3. The highest BCUT2D eigenvalue weighted by Gasteiger charge is 2.03. The van der Waals surface area contributed by atoms with Gasteiger partial charge < -0.3 is 5.32 Å². The van der Waals surface area contributed by atoms with E-state index in [9.17, 15) is 4.39 Å². The molecule has 1 aromatic rings. The second kappa shape index (κ2) is 3.72. The number of benzene rings is 1. The molecule has 0 heterocycles. The minimum absolute atomic E-state index is 0.273. The number of hydrogen-bond donors (Lipinski definition) is 1. The molecule has 0 spiro atoms. The van der Waals surface area contributed by atoms with Gasteiger partial charge in [-0.15, -0.1) is 0 Å². The lowest BCUT2D eigenvalue weighted by Crippen LogP contribution is -1.93. The predicted octanol–water partition coefficient (Wildman–Crippen LogP) is 3.27. The third kappa shape index (κ3) is 1.67. The molecule has 0 unspecified atom stereocenters. The van der Waals surface area contributed by atoms with Crippen LogP contribution in [0, 0.1) is 5.82 Å². The summed E-state index contributed by atoms with van der Waals surface area (Å²) in [5.41, 5.74) is 1.62. The highest BCUT2D eigenvalue weighted by molar-refractivity contribution is 9.10. The molecule has 1 N–H and O–H groups in total. The Hall–Kier alpha value is -0.830. The van der Waals surface area contributed by atoms with E-state index in [1.807, 2.05) is 0 Å². The molecule has 0 aliphatic heterocycles. The first-order chi connectivity index (χ1) is 5.69. The molecule has 0 aromatic heterocycles. The normalized spacial score (nSPS) is 9.58. The first-order valence-corrected chi connectivity index (χ1v) is 4.27. The molecular formula is C9H9BrFN. The second-order valence-corrected chi connectivity index (χ2v) is 3.16. The van der Waals surface area contributed by atoms with Crippen molar-refractivity contribution in [3.8, 4) is 0 Å². The molecule has 0 amide bonds. The van der Waals surface area contributed by atoms with Gasteiger partial charge in [-0.25, -0.2) is 4.39 Å². The van der Waals surface area contributed by atoms with Crippen LogP contribution in [0.2, 0.25) is 0 Å². The smallest absolute Gasteiger partial charge is 0.139 e. The fraction of sp³-hybridized carbons (Fsp3) is 0.111. The van der Waals surface area contributed by atoms with E-state index in [0.717, 1.165) is 11.3 Å². The number of nitrogens with one attached hydrogen (secondary N) is 1. The van der Waals surface area contributed by atoms with Gasteiger partial charge in [-0.05, 0) is 33.6 Å². The van der Waals surface area contributed by atoms with E-state index in [1.165, 1.54) is 6.07 Å². The van der Waals surface area contributed by atoms with Crippen LogP contribution in [-0.2, 0) is 0 Å². The van der Waals surface area contributed by atoms with Crippen molar-refractivity contribution in [2.75, 3.05) is 12.4 Å². The minimum atomic E-state index is -0.273. The quantitative estimate of drug-likeness (QED) is 0.822. The molecule has 0 saturated heterocycles. The van der Waals surface area contributed by atoms with Crippen LogP contribution in [-0.4, -0.2) is 7.05 Å². The third-order valence-corrected chi connectivity index (χ3v) is 2.19. The van der Waals surface area contributed by atoms with Gasteiger partial charge in [0.2, 0.25) is 0 Å². The number of halogens is 2. The van der Waals surface area contributed by atoms with Gasteiger partial charge in [-0.3, -0.25) is 0 Å². The second-order valence-electron chi connectivity index (χ2n) is 2.31. The van der Waals surface area contributed by atoms with Gasteiger partial charge in [-0.1, -0.05) is 12.7 Å². The highest BCUT2D eigenvalue weighted by atomic mass is 79.9. The SMILES string of the molecule is C=Cc1cc(Br)c(F)cc1NC. The fourth-order valence-corrected chi connectivity index (χ4v) is 1.31. The molecule has 1 rings (SSSR count). The third-order valence-electron chi connectivity index (χ3n) is 1.58. The monoisotopic (exact) mass is 229 g/mol. The Morgan fingerprint density at radius 1 is 1.58 bits per heavy atom. The van der Waals surface area contributed by atoms with Crippen molar-refractivity contribution in [2.45, 2.75) is 0 Å². The van der Waals surface area contributed by atoms with Gasteiger partial charge in [0.15, 0.2) is 0 Å². The summed E-state index contributed by atoms with van der Waals surface area (Å²) in [5.74, 6) is -0.273. The molecule has 0 aliphatic rings. The average molecular weight is 230 g/mol. The lowest BCUT2D eigenvalue weighted by Gasteiger charge is -2.06. The maximum atomic E-state index is 13.0. The molecule has 3 heteroatoms. The first kappa shape index (κ1) is 9.26.